The first-order valence-corrected chi connectivity index (χ1v) is 4.89. The van der Waals surface area contributed by atoms with Crippen molar-refractivity contribution in [2.75, 3.05) is 0 Å². The number of aromatic carboxylic acids is 1. The molecule has 2 rings (SSSR count). The Balaban J connectivity index is 1.97. The van der Waals surface area contributed by atoms with Gasteiger partial charge in [0.25, 0.3) is 0 Å². The second kappa shape index (κ2) is 4.65. The van der Waals surface area contributed by atoms with Crippen LogP contribution < -0.4 is 4.74 Å². The van der Waals surface area contributed by atoms with Crippen LogP contribution in [0.3, 0.4) is 0 Å². The Morgan fingerprint density at radius 2 is 2.35 bits per heavy atom. The van der Waals surface area contributed by atoms with Crippen LogP contribution in [0.25, 0.3) is 0 Å². The maximum atomic E-state index is 10.6. The number of pyridine rings is 1. The number of ether oxygens (including phenoxy) is 1. The zero-order valence-corrected chi connectivity index (χ0v) is 9.08. The SMILES string of the molecule is Cc1cc(COc2ccc(C(=O)O)nc2)no1. The van der Waals surface area contributed by atoms with Crippen molar-refractivity contribution in [2.24, 2.45) is 0 Å². The molecule has 1 N–H and O–H groups in total. The molecule has 6 heteroatoms. The predicted molar refractivity (Wildman–Crippen MR) is 56.8 cm³/mol. The lowest BCUT2D eigenvalue weighted by atomic mass is 10.3. The first-order chi connectivity index (χ1) is 8.15. The van der Waals surface area contributed by atoms with E-state index in [1.807, 2.05) is 0 Å². The average Bonchev–Trinajstić information content (AvgIpc) is 2.73. The van der Waals surface area contributed by atoms with Crippen molar-refractivity contribution >= 4 is 5.97 Å². The van der Waals surface area contributed by atoms with Gasteiger partial charge in [-0.15, -0.1) is 0 Å². The summed E-state index contributed by atoms with van der Waals surface area (Å²) < 4.78 is 10.2. The van der Waals surface area contributed by atoms with Crippen molar-refractivity contribution in [3.05, 3.63) is 41.5 Å². The fourth-order valence-electron chi connectivity index (χ4n) is 1.24. The summed E-state index contributed by atoms with van der Waals surface area (Å²) in [5.74, 6) is 0.127. The van der Waals surface area contributed by atoms with Gasteiger partial charge < -0.3 is 14.4 Å². The molecule has 0 atom stereocenters. The minimum absolute atomic E-state index is 0.0189. The number of nitrogens with zero attached hydrogens (tertiary/aromatic N) is 2. The van der Waals surface area contributed by atoms with Gasteiger partial charge in [-0.3, -0.25) is 0 Å². The highest BCUT2D eigenvalue weighted by Crippen LogP contribution is 2.12. The number of aromatic nitrogens is 2. The lowest BCUT2D eigenvalue weighted by Crippen LogP contribution is -2.01. The molecular weight excluding hydrogens is 224 g/mol. The summed E-state index contributed by atoms with van der Waals surface area (Å²) in [6, 6.07) is 4.69. The molecule has 0 saturated heterocycles. The van der Waals surface area contributed by atoms with Gasteiger partial charge in [0.05, 0.1) is 6.20 Å². The first-order valence-electron chi connectivity index (χ1n) is 4.89. The number of carboxylic acids is 1. The topological polar surface area (TPSA) is 85.5 Å². The highest BCUT2D eigenvalue weighted by atomic mass is 16.5. The van der Waals surface area contributed by atoms with Crippen LogP contribution in [0.5, 0.6) is 5.75 Å². The molecule has 0 amide bonds. The molecule has 6 nitrogen and oxygen atoms in total. The standard InChI is InChI=1S/C11H10N2O4/c1-7-4-8(13-17-7)6-16-9-2-3-10(11(14)15)12-5-9/h2-5H,6H2,1H3,(H,14,15). The molecule has 0 aliphatic heterocycles. The molecule has 0 aliphatic carbocycles. The maximum absolute atomic E-state index is 10.6. The largest absolute Gasteiger partial charge is 0.486 e. The summed E-state index contributed by atoms with van der Waals surface area (Å²) >= 11 is 0. The monoisotopic (exact) mass is 234 g/mol. The summed E-state index contributed by atoms with van der Waals surface area (Å²) in [6.45, 7) is 2.05. The highest BCUT2D eigenvalue weighted by molar-refractivity contribution is 5.85. The quantitative estimate of drug-likeness (QED) is 0.865. The van der Waals surface area contributed by atoms with Gasteiger partial charge in [-0.25, -0.2) is 9.78 Å². The van der Waals surface area contributed by atoms with Crippen molar-refractivity contribution < 1.29 is 19.2 Å². The third-order valence-electron chi connectivity index (χ3n) is 2.02. The third kappa shape index (κ3) is 2.81. The summed E-state index contributed by atoms with van der Waals surface area (Å²) in [5.41, 5.74) is 0.652. The molecule has 0 radical (unpaired) electrons. The van der Waals surface area contributed by atoms with Crippen LogP contribution in [0.2, 0.25) is 0 Å². The Bertz CT molecular complexity index is 519. The van der Waals surface area contributed by atoms with Gasteiger partial charge in [0.1, 0.15) is 29.5 Å². The predicted octanol–water partition coefficient (Wildman–Crippen LogP) is 1.66. The molecule has 2 heterocycles. The highest BCUT2D eigenvalue weighted by Gasteiger charge is 2.05. The van der Waals surface area contributed by atoms with Gasteiger partial charge in [0.2, 0.25) is 0 Å². The van der Waals surface area contributed by atoms with Crippen molar-refractivity contribution in [3.8, 4) is 5.75 Å². The van der Waals surface area contributed by atoms with Gasteiger partial charge in [-0.05, 0) is 19.1 Å². The molecule has 2 aromatic heterocycles. The van der Waals surface area contributed by atoms with Crippen LogP contribution >= 0.6 is 0 Å². The molecule has 0 spiro atoms. The van der Waals surface area contributed by atoms with Crippen LogP contribution in [-0.2, 0) is 6.61 Å². The molecule has 2 aromatic rings. The van der Waals surface area contributed by atoms with Gasteiger partial charge in [0, 0.05) is 6.07 Å². The summed E-state index contributed by atoms with van der Waals surface area (Å²) in [4.78, 5) is 14.3. The Hall–Kier alpha value is -2.37. The molecule has 0 bridgehead atoms. The van der Waals surface area contributed by atoms with Crippen molar-refractivity contribution in [1.82, 2.24) is 10.1 Å². The first kappa shape index (κ1) is 11.1. The average molecular weight is 234 g/mol. The number of hydrogen-bond donors (Lipinski definition) is 1. The number of aryl methyl sites for hydroxylation is 1. The van der Waals surface area contributed by atoms with Crippen molar-refractivity contribution in [2.45, 2.75) is 13.5 Å². The maximum Gasteiger partial charge on any atom is 0.354 e. The van der Waals surface area contributed by atoms with E-state index in [1.54, 1.807) is 19.1 Å². The molecule has 0 aliphatic rings. The second-order valence-electron chi connectivity index (χ2n) is 3.40. The van der Waals surface area contributed by atoms with Gasteiger partial charge in [-0.1, -0.05) is 5.16 Å². The fourth-order valence-corrected chi connectivity index (χ4v) is 1.24. The molecule has 0 unspecified atom stereocenters. The number of carbonyl (C=O) groups is 1. The molecule has 0 fully saturated rings. The van der Waals surface area contributed by atoms with Gasteiger partial charge >= 0.3 is 5.97 Å². The van der Waals surface area contributed by atoms with E-state index in [0.29, 0.717) is 17.2 Å². The molecule has 0 saturated carbocycles. The molecule has 88 valence electrons. The number of hydrogen-bond acceptors (Lipinski definition) is 5. The van der Waals surface area contributed by atoms with E-state index in [9.17, 15) is 4.79 Å². The lowest BCUT2D eigenvalue weighted by Gasteiger charge is -2.02. The van der Waals surface area contributed by atoms with E-state index in [-0.39, 0.29) is 12.3 Å². The zero-order chi connectivity index (χ0) is 12.3. The molecular formula is C11H10N2O4. The third-order valence-corrected chi connectivity index (χ3v) is 2.02. The number of carboxylic acid groups (broad SMARTS) is 1. The normalized spacial score (nSPS) is 10.2. The summed E-state index contributed by atoms with van der Waals surface area (Å²) in [6.07, 6.45) is 1.36. The van der Waals surface area contributed by atoms with Crippen molar-refractivity contribution in [1.29, 1.82) is 0 Å². The minimum Gasteiger partial charge on any atom is -0.486 e. The Morgan fingerprint density at radius 1 is 1.53 bits per heavy atom. The summed E-state index contributed by atoms with van der Waals surface area (Å²) in [5, 5.41) is 12.4. The van der Waals surface area contributed by atoms with E-state index in [4.69, 9.17) is 14.4 Å². The second-order valence-corrected chi connectivity index (χ2v) is 3.40. The van der Waals surface area contributed by atoms with E-state index in [2.05, 4.69) is 10.1 Å². The van der Waals surface area contributed by atoms with Gasteiger partial charge in [-0.2, -0.15) is 0 Å². The van der Waals surface area contributed by atoms with E-state index in [1.165, 1.54) is 12.3 Å². The van der Waals surface area contributed by atoms with E-state index in [0.717, 1.165) is 0 Å². The van der Waals surface area contributed by atoms with Crippen LogP contribution in [0.1, 0.15) is 21.9 Å². The minimum atomic E-state index is -1.07. The van der Waals surface area contributed by atoms with Gasteiger partial charge in [0.15, 0.2) is 0 Å². The van der Waals surface area contributed by atoms with Crippen LogP contribution in [0, 0.1) is 6.92 Å². The zero-order valence-electron chi connectivity index (χ0n) is 9.08. The Kier molecular flexibility index (Phi) is 3.04. The van der Waals surface area contributed by atoms with E-state index < -0.39 is 5.97 Å². The Labute approximate surface area is 96.8 Å². The molecule has 17 heavy (non-hydrogen) atoms. The van der Waals surface area contributed by atoms with Crippen LogP contribution in [-0.4, -0.2) is 21.2 Å². The summed E-state index contributed by atoms with van der Waals surface area (Å²) in [7, 11) is 0. The number of rotatable bonds is 4. The van der Waals surface area contributed by atoms with Crippen LogP contribution in [0.4, 0.5) is 0 Å². The Morgan fingerprint density at radius 3 is 2.88 bits per heavy atom. The van der Waals surface area contributed by atoms with E-state index >= 15 is 0 Å². The lowest BCUT2D eigenvalue weighted by molar-refractivity contribution is 0.0690. The molecule has 0 aromatic carbocycles. The van der Waals surface area contributed by atoms with Crippen LogP contribution in [0.15, 0.2) is 28.9 Å². The van der Waals surface area contributed by atoms with Crippen molar-refractivity contribution in [3.63, 3.8) is 0 Å². The fraction of sp³-hybridized carbons (Fsp3) is 0.182. The smallest absolute Gasteiger partial charge is 0.354 e.